The highest BCUT2D eigenvalue weighted by atomic mass is 32.1. The second-order valence-corrected chi connectivity index (χ2v) is 8.42. The third-order valence-electron chi connectivity index (χ3n) is 4.95. The summed E-state index contributed by atoms with van der Waals surface area (Å²) >= 11 is 1.66. The molecule has 0 fully saturated rings. The molecular formula is C25H25N3O3S. The largest absolute Gasteiger partial charge is 0.494 e. The molecule has 164 valence electrons. The first-order valence-corrected chi connectivity index (χ1v) is 11.4. The molecular weight excluding hydrogens is 422 g/mol. The predicted molar refractivity (Wildman–Crippen MR) is 129 cm³/mol. The second-order valence-electron chi connectivity index (χ2n) is 7.21. The molecule has 0 aliphatic heterocycles. The van der Waals surface area contributed by atoms with E-state index in [0.717, 1.165) is 38.6 Å². The first kappa shape index (κ1) is 21.8. The van der Waals surface area contributed by atoms with Gasteiger partial charge in [-0.3, -0.25) is 0 Å². The van der Waals surface area contributed by atoms with Crippen molar-refractivity contribution >= 4 is 39.0 Å². The third kappa shape index (κ3) is 4.43. The summed E-state index contributed by atoms with van der Waals surface area (Å²) in [5, 5.41) is 4.40. The molecule has 2 heterocycles. The van der Waals surface area contributed by atoms with E-state index in [0.29, 0.717) is 24.6 Å². The number of fused-ring (bicyclic) bond motifs is 1. The number of ether oxygens (including phenoxy) is 2. The average Bonchev–Trinajstić information content (AvgIpc) is 3.11. The monoisotopic (exact) mass is 447 g/mol. The summed E-state index contributed by atoms with van der Waals surface area (Å²) < 4.78 is 10.7. The van der Waals surface area contributed by atoms with Crippen LogP contribution >= 0.6 is 11.3 Å². The topological polar surface area (TPSA) is 73.3 Å². The normalized spacial score (nSPS) is 10.9. The molecule has 4 aromatic rings. The Hall–Kier alpha value is -3.45. The number of aromatic nitrogens is 2. The van der Waals surface area contributed by atoms with Crippen LogP contribution in [-0.2, 0) is 4.74 Å². The van der Waals surface area contributed by atoms with E-state index in [2.05, 4.69) is 29.4 Å². The number of esters is 1. The molecule has 0 spiro atoms. The summed E-state index contributed by atoms with van der Waals surface area (Å²) in [6.07, 6.45) is 0. The molecule has 0 saturated heterocycles. The van der Waals surface area contributed by atoms with Crippen LogP contribution in [0.1, 0.15) is 34.9 Å². The van der Waals surface area contributed by atoms with E-state index in [1.165, 1.54) is 4.88 Å². The van der Waals surface area contributed by atoms with Crippen molar-refractivity contribution in [1.82, 2.24) is 9.97 Å². The smallest absolute Gasteiger partial charge is 0.338 e. The molecule has 7 heteroatoms. The molecule has 2 aromatic carbocycles. The van der Waals surface area contributed by atoms with Crippen molar-refractivity contribution in [2.45, 2.75) is 27.7 Å². The van der Waals surface area contributed by atoms with Gasteiger partial charge >= 0.3 is 5.97 Å². The zero-order chi connectivity index (χ0) is 22.7. The fraction of sp³-hybridized carbons (Fsp3) is 0.240. The van der Waals surface area contributed by atoms with Gasteiger partial charge in [0.1, 0.15) is 22.2 Å². The first-order chi connectivity index (χ1) is 15.5. The molecule has 0 amide bonds. The quantitative estimate of drug-likeness (QED) is 0.335. The Bertz CT molecular complexity index is 1250. The lowest BCUT2D eigenvalue weighted by atomic mass is 10.0. The van der Waals surface area contributed by atoms with Gasteiger partial charge in [0, 0.05) is 16.1 Å². The van der Waals surface area contributed by atoms with Crippen LogP contribution in [0.5, 0.6) is 5.75 Å². The van der Waals surface area contributed by atoms with Gasteiger partial charge in [0.2, 0.25) is 0 Å². The molecule has 0 atom stereocenters. The minimum Gasteiger partial charge on any atom is -0.494 e. The fourth-order valence-corrected chi connectivity index (χ4v) is 4.67. The number of rotatable bonds is 7. The Kier molecular flexibility index (Phi) is 6.37. The van der Waals surface area contributed by atoms with Gasteiger partial charge in [-0.15, -0.1) is 11.3 Å². The van der Waals surface area contributed by atoms with E-state index >= 15 is 0 Å². The molecule has 32 heavy (non-hydrogen) atoms. The van der Waals surface area contributed by atoms with Crippen LogP contribution in [-0.4, -0.2) is 29.2 Å². The van der Waals surface area contributed by atoms with Crippen LogP contribution in [0, 0.1) is 13.8 Å². The highest BCUT2D eigenvalue weighted by Gasteiger charge is 2.18. The summed E-state index contributed by atoms with van der Waals surface area (Å²) in [5.74, 6) is 1.96. The summed E-state index contributed by atoms with van der Waals surface area (Å²) in [6, 6.07) is 15.3. The number of nitrogens with zero attached hydrogens (tertiary/aromatic N) is 2. The Balaban J connectivity index is 1.74. The van der Waals surface area contributed by atoms with Crippen LogP contribution in [0.2, 0.25) is 0 Å². The van der Waals surface area contributed by atoms with Gasteiger partial charge in [-0.05, 0) is 69.7 Å². The fourth-order valence-electron chi connectivity index (χ4n) is 3.58. The lowest BCUT2D eigenvalue weighted by Gasteiger charge is -2.11. The maximum atomic E-state index is 11.9. The second kappa shape index (κ2) is 9.36. The number of hydrogen-bond donors (Lipinski definition) is 1. The third-order valence-corrected chi connectivity index (χ3v) is 5.95. The molecule has 0 aliphatic carbocycles. The number of carbonyl (C=O) groups is 1. The van der Waals surface area contributed by atoms with Crippen LogP contribution in [0.4, 0.5) is 11.5 Å². The van der Waals surface area contributed by atoms with E-state index in [1.54, 1.807) is 30.4 Å². The molecule has 0 saturated carbocycles. The molecule has 0 bridgehead atoms. The van der Waals surface area contributed by atoms with Crippen LogP contribution < -0.4 is 10.1 Å². The number of anilines is 2. The van der Waals surface area contributed by atoms with E-state index in [1.807, 2.05) is 38.1 Å². The molecule has 0 radical (unpaired) electrons. The number of carbonyl (C=O) groups excluding carboxylic acids is 1. The molecule has 4 rings (SSSR count). The predicted octanol–water partition coefficient (Wildman–Crippen LogP) is 6.29. The molecule has 6 nitrogen and oxygen atoms in total. The Morgan fingerprint density at radius 1 is 0.969 bits per heavy atom. The van der Waals surface area contributed by atoms with Gasteiger partial charge in [0.15, 0.2) is 0 Å². The highest BCUT2D eigenvalue weighted by Crippen LogP contribution is 2.41. The Morgan fingerprint density at radius 2 is 1.69 bits per heavy atom. The molecule has 0 unspecified atom stereocenters. The van der Waals surface area contributed by atoms with Crippen molar-refractivity contribution < 1.29 is 14.3 Å². The van der Waals surface area contributed by atoms with Gasteiger partial charge < -0.3 is 14.8 Å². The van der Waals surface area contributed by atoms with Gasteiger partial charge in [-0.1, -0.05) is 12.1 Å². The molecule has 1 N–H and O–H groups in total. The van der Waals surface area contributed by atoms with Crippen LogP contribution in [0.25, 0.3) is 21.3 Å². The van der Waals surface area contributed by atoms with Crippen molar-refractivity contribution in [1.29, 1.82) is 0 Å². The Morgan fingerprint density at radius 3 is 2.34 bits per heavy atom. The maximum absolute atomic E-state index is 11.9. The van der Waals surface area contributed by atoms with Crippen LogP contribution in [0.15, 0.2) is 48.5 Å². The number of nitrogens with one attached hydrogen (secondary N) is 1. The lowest BCUT2D eigenvalue weighted by Crippen LogP contribution is -2.04. The van der Waals surface area contributed by atoms with E-state index in [-0.39, 0.29) is 5.97 Å². The van der Waals surface area contributed by atoms with Crippen molar-refractivity contribution in [2.75, 3.05) is 18.5 Å². The molecule has 2 aromatic heterocycles. The van der Waals surface area contributed by atoms with E-state index in [4.69, 9.17) is 14.5 Å². The summed E-state index contributed by atoms with van der Waals surface area (Å²) in [6.45, 7) is 8.74. The van der Waals surface area contributed by atoms with Gasteiger partial charge in [-0.25, -0.2) is 14.8 Å². The van der Waals surface area contributed by atoms with E-state index in [9.17, 15) is 4.79 Å². The van der Waals surface area contributed by atoms with Gasteiger partial charge in [-0.2, -0.15) is 0 Å². The van der Waals surface area contributed by atoms with Crippen molar-refractivity contribution in [3.8, 4) is 16.9 Å². The zero-order valence-electron chi connectivity index (χ0n) is 18.6. The number of benzene rings is 2. The standard InChI is InChI=1S/C25H25N3O3S/c1-5-30-20-13-9-17(10-14-20)21-15(3)32-24-22(21)23(26-16(4)27-24)28-19-11-7-18(8-12-19)25(29)31-6-2/h7-14H,5-6H2,1-4H3,(H,26,27,28). The first-order valence-electron chi connectivity index (χ1n) is 10.5. The number of thiophene rings is 1. The summed E-state index contributed by atoms with van der Waals surface area (Å²) in [5.41, 5.74) is 3.55. The SMILES string of the molecule is CCOC(=O)c1ccc(Nc2nc(C)nc3sc(C)c(-c4ccc(OCC)cc4)c23)cc1. The average molecular weight is 448 g/mol. The minimum atomic E-state index is -0.328. The highest BCUT2D eigenvalue weighted by molar-refractivity contribution is 7.19. The molecule has 0 aliphatic rings. The van der Waals surface area contributed by atoms with Gasteiger partial charge in [0.05, 0.1) is 24.2 Å². The number of hydrogen-bond acceptors (Lipinski definition) is 7. The Labute approximate surface area is 191 Å². The van der Waals surface area contributed by atoms with Crippen molar-refractivity contribution in [2.24, 2.45) is 0 Å². The lowest BCUT2D eigenvalue weighted by molar-refractivity contribution is 0.0526. The van der Waals surface area contributed by atoms with Crippen LogP contribution in [0.3, 0.4) is 0 Å². The summed E-state index contributed by atoms with van der Waals surface area (Å²) in [7, 11) is 0. The number of aryl methyl sites for hydroxylation is 2. The minimum absolute atomic E-state index is 0.328. The zero-order valence-corrected chi connectivity index (χ0v) is 19.4. The summed E-state index contributed by atoms with van der Waals surface area (Å²) in [4.78, 5) is 23.4. The van der Waals surface area contributed by atoms with Gasteiger partial charge in [0.25, 0.3) is 0 Å². The van der Waals surface area contributed by atoms with Crippen molar-refractivity contribution in [3.63, 3.8) is 0 Å². The maximum Gasteiger partial charge on any atom is 0.338 e. The van der Waals surface area contributed by atoms with E-state index < -0.39 is 0 Å². The van der Waals surface area contributed by atoms with Crippen molar-refractivity contribution in [3.05, 3.63) is 64.8 Å².